The van der Waals surface area contributed by atoms with Gasteiger partial charge in [-0.05, 0) is 38.5 Å². The number of nitrogens with zero attached hydrogens (tertiary/aromatic N) is 5. The maximum Gasteiger partial charge on any atom is 0.254 e. The third-order valence-corrected chi connectivity index (χ3v) is 5.09. The van der Waals surface area contributed by atoms with E-state index >= 15 is 0 Å². The molecule has 1 aliphatic heterocycles. The summed E-state index contributed by atoms with van der Waals surface area (Å²) in [5, 5.41) is 11.9. The Hall–Kier alpha value is -3.16. The molecule has 0 unspecified atom stereocenters. The Balaban J connectivity index is 1.45. The number of aryl methyl sites for hydroxylation is 2. The van der Waals surface area contributed by atoms with Crippen LogP contribution in [0.3, 0.4) is 0 Å². The van der Waals surface area contributed by atoms with Crippen LogP contribution < -0.4 is 5.32 Å². The maximum atomic E-state index is 12.4. The summed E-state index contributed by atoms with van der Waals surface area (Å²) in [4.78, 5) is 26.2. The van der Waals surface area contributed by atoms with E-state index in [1.54, 1.807) is 24.2 Å². The van der Waals surface area contributed by atoms with Crippen LogP contribution >= 0.6 is 0 Å². The number of hydrogen-bond donors (Lipinski definition) is 1. The topological polar surface area (TPSA) is 85.0 Å². The molecule has 146 valence electrons. The van der Waals surface area contributed by atoms with Crippen molar-refractivity contribution in [1.82, 2.24) is 24.5 Å². The largest absolute Gasteiger partial charge is 0.337 e. The predicted octanol–water partition coefficient (Wildman–Crippen LogP) is 2.74. The van der Waals surface area contributed by atoms with Crippen molar-refractivity contribution in [1.29, 1.82) is 0 Å². The normalized spacial score (nSPS) is 13.6. The molecule has 0 saturated carbocycles. The highest BCUT2D eigenvalue weighted by molar-refractivity contribution is 6.00. The summed E-state index contributed by atoms with van der Waals surface area (Å²) in [5.41, 5.74) is 5.14. The molecule has 4 rings (SSSR count). The van der Waals surface area contributed by atoms with Crippen molar-refractivity contribution in [3.05, 3.63) is 41.2 Å². The van der Waals surface area contributed by atoms with Crippen LogP contribution in [-0.4, -0.2) is 43.3 Å². The lowest BCUT2D eigenvalue weighted by molar-refractivity contribution is -0.116. The summed E-state index contributed by atoms with van der Waals surface area (Å²) in [6.45, 7) is 7.19. The third-order valence-electron chi connectivity index (χ3n) is 5.09. The maximum absolute atomic E-state index is 12.4. The molecule has 8 nitrogen and oxygen atoms in total. The zero-order valence-corrected chi connectivity index (χ0v) is 16.6. The standard InChI is InChI=1S/C20H24N6O2/c1-12(2)26-17-10-21-25(19(17)13(3)23-26)8-7-18(27)22-15-6-5-14-11-24(4)20(28)16(14)9-15/h5-6,9-10,12H,7-8,11H2,1-4H3,(H,22,27). The van der Waals surface area contributed by atoms with Gasteiger partial charge in [0.15, 0.2) is 0 Å². The van der Waals surface area contributed by atoms with Gasteiger partial charge < -0.3 is 10.2 Å². The van der Waals surface area contributed by atoms with Gasteiger partial charge in [-0.25, -0.2) is 0 Å². The van der Waals surface area contributed by atoms with Gasteiger partial charge in [-0.1, -0.05) is 6.07 Å². The van der Waals surface area contributed by atoms with Crippen LogP contribution in [0, 0.1) is 6.92 Å². The van der Waals surface area contributed by atoms with Gasteiger partial charge in [-0.2, -0.15) is 10.2 Å². The minimum Gasteiger partial charge on any atom is -0.337 e. The van der Waals surface area contributed by atoms with Crippen LogP contribution in [0.5, 0.6) is 0 Å². The fourth-order valence-electron chi connectivity index (χ4n) is 3.70. The van der Waals surface area contributed by atoms with Crippen molar-refractivity contribution in [2.24, 2.45) is 0 Å². The quantitative estimate of drug-likeness (QED) is 0.738. The number of amides is 2. The summed E-state index contributed by atoms with van der Waals surface area (Å²) < 4.78 is 3.78. The summed E-state index contributed by atoms with van der Waals surface area (Å²) >= 11 is 0. The number of aromatic nitrogens is 4. The van der Waals surface area contributed by atoms with Crippen molar-refractivity contribution in [2.75, 3.05) is 12.4 Å². The summed E-state index contributed by atoms with van der Waals surface area (Å²) in [5.74, 6) is -0.126. The van der Waals surface area contributed by atoms with E-state index in [1.807, 2.05) is 28.4 Å². The molecule has 0 fully saturated rings. The number of hydrogen-bond acceptors (Lipinski definition) is 4. The first-order chi connectivity index (χ1) is 13.3. The van der Waals surface area contributed by atoms with Gasteiger partial charge in [-0.3, -0.25) is 19.0 Å². The van der Waals surface area contributed by atoms with Crippen molar-refractivity contribution in [3.63, 3.8) is 0 Å². The lowest BCUT2D eigenvalue weighted by Crippen LogP contribution is -2.18. The molecule has 0 atom stereocenters. The molecule has 2 aromatic heterocycles. The van der Waals surface area contributed by atoms with E-state index in [9.17, 15) is 9.59 Å². The summed E-state index contributed by atoms with van der Waals surface area (Å²) in [6.07, 6.45) is 2.09. The molecule has 0 aliphatic carbocycles. The number of carbonyl (C=O) groups is 2. The van der Waals surface area contributed by atoms with Crippen molar-refractivity contribution in [2.45, 2.75) is 46.3 Å². The van der Waals surface area contributed by atoms with E-state index in [-0.39, 0.29) is 24.3 Å². The van der Waals surface area contributed by atoms with Crippen LogP contribution in [0.4, 0.5) is 5.69 Å². The van der Waals surface area contributed by atoms with Crippen LogP contribution in [0.1, 0.15) is 47.9 Å². The van der Waals surface area contributed by atoms with E-state index < -0.39 is 0 Å². The van der Waals surface area contributed by atoms with Crippen molar-refractivity contribution in [3.8, 4) is 0 Å². The molecule has 1 aliphatic rings. The highest BCUT2D eigenvalue weighted by Gasteiger charge is 2.24. The Kier molecular flexibility index (Phi) is 4.41. The summed E-state index contributed by atoms with van der Waals surface area (Å²) in [7, 11) is 1.77. The molecule has 0 radical (unpaired) electrons. The number of fused-ring (bicyclic) bond motifs is 2. The van der Waals surface area contributed by atoms with Gasteiger partial charge >= 0.3 is 0 Å². The Morgan fingerprint density at radius 2 is 2.11 bits per heavy atom. The van der Waals surface area contributed by atoms with E-state index in [0.717, 1.165) is 22.3 Å². The zero-order valence-electron chi connectivity index (χ0n) is 16.6. The second-order valence-corrected chi connectivity index (χ2v) is 7.56. The molecule has 0 saturated heterocycles. The summed E-state index contributed by atoms with van der Waals surface area (Å²) in [6, 6.07) is 5.74. The number of rotatable bonds is 5. The fraction of sp³-hybridized carbons (Fsp3) is 0.400. The molecule has 0 spiro atoms. The molecule has 0 bridgehead atoms. The molecule has 1 aromatic carbocycles. The van der Waals surface area contributed by atoms with Gasteiger partial charge in [0.25, 0.3) is 5.91 Å². The lowest BCUT2D eigenvalue weighted by Gasteiger charge is -2.07. The van der Waals surface area contributed by atoms with Crippen LogP contribution in [-0.2, 0) is 17.9 Å². The van der Waals surface area contributed by atoms with Crippen LogP contribution in [0.2, 0.25) is 0 Å². The van der Waals surface area contributed by atoms with Crippen molar-refractivity contribution >= 4 is 28.5 Å². The van der Waals surface area contributed by atoms with Gasteiger partial charge in [0.05, 0.1) is 18.4 Å². The second-order valence-electron chi connectivity index (χ2n) is 7.56. The average Bonchev–Trinajstić information content (AvgIpc) is 3.29. The van der Waals surface area contributed by atoms with E-state index in [1.165, 1.54) is 0 Å². The molecule has 28 heavy (non-hydrogen) atoms. The molecular weight excluding hydrogens is 356 g/mol. The fourth-order valence-corrected chi connectivity index (χ4v) is 3.70. The SMILES string of the molecule is Cc1nn(C(C)C)c2cnn(CCC(=O)Nc3ccc4c(c3)C(=O)N(C)C4)c12. The third kappa shape index (κ3) is 3.04. The van der Waals surface area contributed by atoms with Crippen LogP contribution in [0.25, 0.3) is 11.0 Å². The average molecular weight is 380 g/mol. The van der Waals surface area contributed by atoms with Crippen molar-refractivity contribution < 1.29 is 9.59 Å². The molecule has 3 aromatic rings. The van der Waals surface area contributed by atoms with Gasteiger partial charge in [-0.15, -0.1) is 0 Å². The van der Waals surface area contributed by atoms with Crippen LogP contribution in [0.15, 0.2) is 24.4 Å². The minimum absolute atomic E-state index is 0.0114. The Morgan fingerprint density at radius 3 is 2.86 bits per heavy atom. The number of benzene rings is 1. The lowest BCUT2D eigenvalue weighted by atomic mass is 10.1. The van der Waals surface area contributed by atoms with E-state index in [0.29, 0.717) is 24.3 Å². The minimum atomic E-state index is -0.115. The first kappa shape index (κ1) is 18.2. The molecular formula is C20H24N6O2. The number of carbonyl (C=O) groups excluding carboxylic acids is 2. The Morgan fingerprint density at radius 1 is 1.32 bits per heavy atom. The molecule has 3 heterocycles. The zero-order chi connectivity index (χ0) is 20.0. The number of nitrogens with one attached hydrogen (secondary N) is 1. The van der Waals surface area contributed by atoms with Gasteiger partial charge in [0, 0.05) is 37.3 Å². The first-order valence-electron chi connectivity index (χ1n) is 9.44. The molecule has 8 heteroatoms. The molecule has 2 amide bonds. The Bertz CT molecular complexity index is 1080. The number of anilines is 1. The van der Waals surface area contributed by atoms with Gasteiger partial charge in [0.2, 0.25) is 5.91 Å². The first-order valence-corrected chi connectivity index (χ1v) is 9.44. The Labute approximate surface area is 163 Å². The van der Waals surface area contributed by atoms with E-state index in [4.69, 9.17) is 0 Å². The second kappa shape index (κ2) is 6.78. The predicted molar refractivity (Wildman–Crippen MR) is 106 cm³/mol. The van der Waals surface area contributed by atoms with E-state index in [2.05, 4.69) is 29.4 Å². The monoisotopic (exact) mass is 380 g/mol. The van der Waals surface area contributed by atoms with Gasteiger partial charge in [0.1, 0.15) is 11.0 Å². The molecule has 1 N–H and O–H groups in total. The smallest absolute Gasteiger partial charge is 0.254 e. The highest BCUT2D eigenvalue weighted by atomic mass is 16.2. The highest BCUT2D eigenvalue weighted by Crippen LogP contribution is 2.25.